The summed E-state index contributed by atoms with van der Waals surface area (Å²) in [5.41, 5.74) is 6.87. The molecule has 2 rings (SSSR count). The van der Waals surface area contributed by atoms with E-state index in [0.717, 1.165) is 18.6 Å². The van der Waals surface area contributed by atoms with Gasteiger partial charge in [-0.05, 0) is 31.3 Å². The first-order chi connectivity index (χ1) is 10.1. The molecule has 1 aliphatic heterocycles. The van der Waals surface area contributed by atoms with Gasteiger partial charge in [0.15, 0.2) is 12.0 Å². The Morgan fingerprint density at radius 2 is 2.05 bits per heavy atom. The van der Waals surface area contributed by atoms with Crippen LogP contribution in [0.3, 0.4) is 0 Å². The Bertz CT molecular complexity index is 365. The third-order valence-corrected chi connectivity index (χ3v) is 9.96. The maximum absolute atomic E-state index is 12.4. The molecule has 0 spiro atoms. The van der Waals surface area contributed by atoms with Gasteiger partial charge in [0.2, 0.25) is 0 Å². The smallest absolute Gasteiger partial charge is 0.375 e. The Labute approximate surface area is 132 Å². The summed E-state index contributed by atoms with van der Waals surface area (Å²) in [4.78, 5) is 12.4. The summed E-state index contributed by atoms with van der Waals surface area (Å²) >= 11 is 1.68. The van der Waals surface area contributed by atoms with Crippen LogP contribution < -0.4 is 5.73 Å². The number of rotatable bonds is 5. The molecule has 7 heteroatoms. The number of esters is 1. The lowest BCUT2D eigenvalue weighted by atomic mass is 10.2. The van der Waals surface area contributed by atoms with Crippen molar-refractivity contribution in [1.29, 1.82) is 0 Å². The quantitative estimate of drug-likeness (QED) is 0.473. The van der Waals surface area contributed by atoms with Gasteiger partial charge in [-0.15, -0.1) is 0 Å². The molecule has 2 N–H and O–H groups in total. The molecule has 2 unspecified atom stereocenters. The van der Waals surface area contributed by atoms with E-state index >= 15 is 0 Å². The van der Waals surface area contributed by atoms with Crippen molar-refractivity contribution in [2.75, 3.05) is 25.9 Å². The molecular weight excluding hydrogens is 306 g/mol. The number of hydrogen-bond acceptors (Lipinski definition) is 6. The van der Waals surface area contributed by atoms with E-state index in [1.54, 1.807) is 18.9 Å². The normalized spacial score (nSPS) is 35.3. The van der Waals surface area contributed by atoms with Crippen molar-refractivity contribution in [2.24, 2.45) is 5.73 Å². The summed E-state index contributed by atoms with van der Waals surface area (Å²) in [5.74, 6) is 0.473. The van der Waals surface area contributed by atoms with E-state index in [2.05, 4.69) is 0 Å². The van der Waals surface area contributed by atoms with Crippen molar-refractivity contribution in [1.82, 2.24) is 0 Å². The first-order valence-electron chi connectivity index (χ1n) is 7.75. The van der Waals surface area contributed by atoms with Crippen molar-refractivity contribution in [3.8, 4) is 0 Å². The van der Waals surface area contributed by atoms with Gasteiger partial charge in [-0.1, -0.05) is 25.7 Å². The molecule has 0 bridgehead atoms. The van der Waals surface area contributed by atoms with Gasteiger partial charge in [-0.25, -0.2) is 0 Å². The molecule has 1 saturated heterocycles. The zero-order chi connectivity index (χ0) is 15.3. The second-order valence-corrected chi connectivity index (χ2v) is 10.7. The second kappa shape index (κ2) is 7.46. The van der Waals surface area contributed by atoms with E-state index in [1.807, 2.05) is 6.26 Å². The zero-order valence-electron chi connectivity index (χ0n) is 13.1. The number of ether oxygens (including phenoxy) is 1. The zero-order valence-corrected chi connectivity index (χ0v) is 14.9. The summed E-state index contributed by atoms with van der Waals surface area (Å²) in [5, 5.41) is -1.09. The van der Waals surface area contributed by atoms with E-state index in [1.165, 1.54) is 25.7 Å². The van der Waals surface area contributed by atoms with Crippen molar-refractivity contribution < 1.29 is 18.4 Å². The fraction of sp³-hybridized carbons (Fsp3) is 0.929. The molecule has 0 aromatic carbocycles. The minimum atomic E-state index is -2.85. The van der Waals surface area contributed by atoms with Gasteiger partial charge in [-0.2, -0.15) is 11.8 Å². The van der Waals surface area contributed by atoms with Gasteiger partial charge in [0.1, 0.15) is 0 Å². The first kappa shape index (κ1) is 17.3. The molecule has 1 aliphatic carbocycles. The average Bonchev–Trinajstić information content (AvgIpc) is 2.78. The highest BCUT2D eigenvalue weighted by atomic mass is 32.2. The van der Waals surface area contributed by atoms with Crippen LogP contribution in [0.2, 0.25) is 5.54 Å². The maximum Gasteiger partial charge on any atom is 0.375 e. The van der Waals surface area contributed by atoms with Crippen LogP contribution in [0.5, 0.6) is 0 Å². The second-order valence-electron chi connectivity index (χ2n) is 5.97. The Balaban J connectivity index is 2.32. The Kier molecular flexibility index (Phi) is 6.13. The first-order valence-corrected chi connectivity index (χ1v) is 11.0. The van der Waals surface area contributed by atoms with Crippen LogP contribution in [-0.2, 0) is 18.4 Å². The molecule has 21 heavy (non-hydrogen) atoms. The van der Waals surface area contributed by atoms with Crippen molar-refractivity contribution in [2.45, 2.75) is 55.6 Å². The van der Waals surface area contributed by atoms with Crippen LogP contribution >= 0.6 is 11.8 Å². The highest BCUT2D eigenvalue weighted by Crippen LogP contribution is 2.45. The van der Waals surface area contributed by atoms with Crippen molar-refractivity contribution in [3.05, 3.63) is 0 Å². The molecule has 0 amide bonds. The molecule has 0 radical (unpaired) electrons. The van der Waals surface area contributed by atoms with Gasteiger partial charge >= 0.3 is 14.5 Å². The Morgan fingerprint density at radius 3 is 2.62 bits per heavy atom. The maximum atomic E-state index is 12.4. The molecule has 1 heterocycles. The lowest BCUT2D eigenvalue weighted by Crippen LogP contribution is -2.76. The van der Waals surface area contributed by atoms with Gasteiger partial charge < -0.3 is 19.3 Å². The highest BCUT2D eigenvalue weighted by molar-refractivity contribution is 7.98. The van der Waals surface area contributed by atoms with Crippen molar-refractivity contribution >= 4 is 26.3 Å². The van der Waals surface area contributed by atoms with E-state index < -0.39 is 13.7 Å². The summed E-state index contributed by atoms with van der Waals surface area (Å²) in [6.45, 7) is -0.00634. The third-order valence-electron chi connectivity index (χ3n) is 4.85. The molecule has 2 fully saturated rings. The molecule has 0 aromatic heterocycles. The molecule has 122 valence electrons. The van der Waals surface area contributed by atoms with E-state index in [0.29, 0.717) is 6.42 Å². The predicted molar refractivity (Wildman–Crippen MR) is 86.2 cm³/mol. The van der Waals surface area contributed by atoms with Crippen LogP contribution in [0, 0.1) is 0 Å². The molecule has 0 aromatic rings. The molecule has 2 atom stereocenters. The van der Waals surface area contributed by atoms with Crippen LogP contribution in [0.1, 0.15) is 44.9 Å². The molecule has 2 aliphatic rings. The highest BCUT2D eigenvalue weighted by Gasteiger charge is 2.66. The standard InChI is InChI=1S/C14H27NO4SSi/c1-17-21(12-7-5-3-4-6-8-12)14(15,9-10-20-2)13(16)18-11-19-21/h12H,3-11,15H2,1-2H3. The molecule has 1 saturated carbocycles. The predicted octanol–water partition coefficient (Wildman–Crippen LogP) is 2.32. The average molecular weight is 334 g/mol. The van der Waals surface area contributed by atoms with Crippen LogP contribution in [0.15, 0.2) is 0 Å². The number of thioether (sulfide) groups is 1. The Morgan fingerprint density at radius 1 is 1.38 bits per heavy atom. The SMILES string of the molecule is CO[Si]1(C2CCCCCC2)OCOC(=O)C1(N)CCSC. The fourth-order valence-electron chi connectivity index (χ4n) is 3.66. The number of hydrogen-bond donors (Lipinski definition) is 1. The number of carbonyl (C=O) groups is 1. The summed E-state index contributed by atoms with van der Waals surface area (Å²) in [6, 6.07) is 0. The van der Waals surface area contributed by atoms with Crippen LogP contribution in [0.4, 0.5) is 0 Å². The summed E-state index contributed by atoms with van der Waals surface area (Å²) in [6.07, 6.45) is 9.50. The molecular formula is C14H27NO4SSi. The van der Waals surface area contributed by atoms with E-state index in [9.17, 15) is 4.79 Å². The summed E-state index contributed by atoms with van der Waals surface area (Å²) < 4.78 is 17.1. The lowest BCUT2D eigenvalue weighted by Gasteiger charge is -2.48. The van der Waals surface area contributed by atoms with E-state index in [-0.39, 0.29) is 18.3 Å². The largest absolute Gasteiger partial charge is 0.438 e. The minimum Gasteiger partial charge on any atom is -0.438 e. The number of nitrogens with two attached hydrogens (primary N) is 1. The molecule has 5 nitrogen and oxygen atoms in total. The lowest BCUT2D eigenvalue weighted by molar-refractivity contribution is -0.164. The van der Waals surface area contributed by atoms with E-state index in [4.69, 9.17) is 19.3 Å². The van der Waals surface area contributed by atoms with Crippen LogP contribution in [-0.4, -0.2) is 45.6 Å². The van der Waals surface area contributed by atoms with Gasteiger partial charge in [-0.3, -0.25) is 4.79 Å². The third kappa shape index (κ3) is 3.17. The fourth-order valence-corrected chi connectivity index (χ4v) is 8.64. The minimum absolute atomic E-state index is 0.00634. The van der Waals surface area contributed by atoms with Gasteiger partial charge in [0, 0.05) is 12.7 Å². The summed E-state index contributed by atoms with van der Waals surface area (Å²) in [7, 11) is -1.19. The topological polar surface area (TPSA) is 70.8 Å². The van der Waals surface area contributed by atoms with Crippen LogP contribution in [0.25, 0.3) is 0 Å². The van der Waals surface area contributed by atoms with Gasteiger partial charge in [0.05, 0.1) is 0 Å². The number of carbonyl (C=O) groups excluding carboxylic acids is 1. The Hall–Kier alpha value is -0.0831. The van der Waals surface area contributed by atoms with Gasteiger partial charge in [0.25, 0.3) is 0 Å². The monoisotopic (exact) mass is 333 g/mol. The van der Waals surface area contributed by atoms with Crippen molar-refractivity contribution in [3.63, 3.8) is 0 Å². The number of cyclic esters (lactones) is 1.